The van der Waals surface area contributed by atoms with E-state index in [1.54, 1.807) is 0 Å². The van der Waals surface area contributed by atoms with Crippen LogP contribution >= 0.6 is 0 Å². The third-order valence-electron chi connectivity index (χ3n) is 4.51. The summed E-state index contributed by atoms with van der Waals surface area (Å²) in [5.74, 6) is 0. The van der Waals surface area contributed by atoms with E-state index in [0.717, 1.165) is 0 Å². The summed E-state index contributed by atoms with van der Waals surface area (Å²) >= 11 is 0. The molecule has 0 heterocycles. The largest absolute Gasteiger partial charge is 0.326 e. The predicted molar refractivity (Wildman–Crippen MR) is 85.5 cm³/mol. The van der Waals surface area contributed by atoms with Crippen LogP contribution in [0.3, 0.4) is 0 Å². The molecule has 2 nitrogen and oxygen atoms in total. The van der Waals surface area contributed by atoms with Gasteiger partial charge in [-0.05, 0) is 25.8 Å². The van der Waals surface area contributed by atoms with Gasteiger partial charge in [0.15, 0.2) is 0 Å². The number of unbranched alkanes of at least 4 members (excludes halogenated alkanes) is 8. The van der Waals surface area contributed by atoms with Crippen molar-refractivity contribution in [3.63, 3.8) is 0 Å². The van der Waals surface area contributed by atoms with Crippen molar-refractivity contribution in [3.8, 4) is 0 Å². The molecule has 1 saturated carbocycles. The highest BCUT2D eigenvalue weighted by Crippen LogP contribution is 2.17. The van der Waals surface area contributed by atoms with Crippen LogP contribution in [0, 0.1) is 0 Å². The van der Waals surface area contributed by atoms with Crippen molar-refractivity contribution < 1.29 is 0 Å². The molecular weight excluding hydrogens is 232 g/mol. The maximum absolute atomic E-state index is 6.14. The summed E-state index contributed by atoms with van der Waals surface area (Å²) in [6, 6.07) is 1.01. The Bertz CT molecular complexity index is 194. The van der Waals surface area contributed by atoms with Gasteiger partial charge in [0.1, 0.15) is 0 Å². The van der Waals surface area contributed by atoms with Crippen molar-refractivity contribution in [1.82, 2.24) is 5.32 Å². The van der Waals surface area contributed by atoms with E-state index in [1.165, 1.54) is 90.0 Å². The summed E-state index contributed by atoms with van der Waals surface area (Å²) in [7, 11) is 0. The molecule has 0 aromatic rings. The van der Waals surface area contributed by atoms with Gasteiger partial charge in [-0.25, -0.2) is 0 Å². The second-order valence-electron chi connectivity index (χ2n) is 6.34. The molecule has 2 unspecified atom stereocenters. The normalized spacial score (nSPS) is 23.7. The van der Waals surface area contributed by atoms with Crippen LogP contribution in [0.2, 0.25) is 0 Å². The number of hydrogen-bond acceptors (Lipinski definition) is 2. The van der Waals surface area contributed by atoms with E-state index in [-0.39, 0.29) is 0 Å². The lowest BCUT2D eigenvalue weighted by atomic mass is 9.91. The Morgan fingerprint density at radius 1 is 0.842 bits per heavy atom. The van der Waals surface area contributed by atoms with Gasteiger partial charge in [0.05, 0.1) is 0 Å². The molecule has 114 valence electrons. The summed E-state index contributed by atoms with van der Waals surface area (Å²) in [6.07, 6.45) is 17.9. The molecule has 0 amide bonds. The molecule has 1 aliphatic carbocycles. The second-order valence-corrected chi connectivity index (χ2v) is 6.34. The van der Waals surface area contributed by atoms with E-state index in [2.05, 4.69) is 12.2 Å². The minimum atomic E-state index is 0.410. The van der Waals surface area contributed by atoms with E-state index in [1.807, 2.05) is 0 Å². The van der Waals surface area contributed by atoms with E-state index in [0.29, 0.717) is 12.1 Å². The van der Waals surface area contributed by atoms with Gasteiger partial charge < -0.3 is 11.1 Å². The number of nitrogens with two attached hydrogens (primary N) is 1. The summed E-state index contributed by atoms with van der Waals surface area (Å²) in [6.45, 7) is 3.46. The lowest BCUT2D eigenvalue weighted by Gasteiger charge is -2.29. The first-order valence-electron chi connectivity index (χ1n) is 8.83. The highest BCUT2D eigenvalue weighted by Gasteiger charge is 2.20. The molecule has 1 rings (SSSR count). The molecule has 0 radical (unpaired) electrons. The van der Waals surface area contributed by atoms with Gasteiger partial charge >= 0.3 is 0 Å². The molecule has 3 N–H and O–H groups in total. The summed E-state index contributed by atoms with van der Waals surface area (Å²) in [4.78, 5) is 0. The third-order valence-corrected chi connectivity index (χ3v) is 4.51. The molecular formula is C17H36N2. The van der Waals surface area contributed by atoms with Crippen molar-refractivity contribution in [3.05, 3.63) is 0 Å². The van der Waals surface area contributed by atoms with Gasteiger partial charge in [0.2, 0.25) is 0 Å². The Morgan fingerprint density at radius 2 is 1.42 bits per heavy atom. The zero-order chi connectivity index (χ0) is 13.8. The van der Waals surface area contributed by atoms with E-state index < -0.39 is 0 Å². The van der Waals surface area contributed by atoms with Gasteiger partial charge in [0, 0.05) is 12.1 Å². The molecule has 0 spiro atoms. The fourth-order valence-corrected chi connectivity index (χ4v) is 3.14. The Morgan fingerprint density at radius 3 is 2.05 bits per heavy atom. The lowest BCUT2D eigenvalue weighted by Crippen LogP contribution is -2.47. The molecule has 1 fully saturated rings. The molecule has 2 atom stereocenters. The minimum absolute atomic E-state index is 0.410. The zero-order valence-electron chi connectivity index (χ0n) is 13.1. The summed E-state index contributed by atoms with van der Waals surface area (Å²) < 4.78 is 0. The van der Waals surface area contributed by atoms with Crippen LogP contribution in [0.4, 0.5) is 0 Å². The Kier molecular flexibility index (Phi) is 10.5. The number of rotatable bonds is 11. The maximum atomic E-state index is 6.14. The lowest BCUT2D eigenvalue weighted by molar-refractivity contribution is 0.325. The number of hydrogen-bond donors (Lipinski definition) is 2. The van der Waals surface area contributed by atoms with Crippen LogP contribution in [-0.4, -0.2) is 18.6 Å². The number of nitrogens with one attached hydrogen (secondary N) is 1. The highest BCUT2D eigenvalue weighted by molar-refractivity contribution is 4.83. The average Bonchev–Trinajstić information content (AvgIpc) is 2.43. The quantitative estimate of drug-likeness (QED) is 0.546. The molecule has 1 aliphatic rings. The van der Waals surface area contributed by atoms with E-state index >= 15 is 0 Å². The topological polar surface area (TPSA) is 38.0 Å². The van der Waals surface area contributed by atoms with Crippen LogP contribution in [0.5, 0.6) is 0 Å². The third kappa shape index (κ3) is 8.65. The SMILES string of the molecule is CCCCCCCCCCCNC1CCCCC1N. The molecule has 0 aromatic carbocycles. The van der Waals surface area contributed by atoms with E-state index in [9.17, 15) is 0 Å². The second kappa shape index (κ2) is 11.7. The Balaban J connectivity index is 1.80. The van der Waals surface area contributed by atoms with Gasteiger partial charge in [-0.1, -0.05) is 71.1 Å². The van der Waals surface area contributed by atoms with E-state index in [4.69, 9.17) is 5.73 Å². The Hall–Kier alpha value is -0.0800. The van der Waals surface area contributed by atoms with Crippen LogP contribution < -0.4 is 11.1 Å². The Labute approximate surface area is 120 Å². The zero-order valence-corrected chi connectivity index (χ0v) is 13.1. The van der Waals surface area contributed by atoms with Crippen molar-refractivity contribution in [2.24, 2.45) is 5.73 Å². The molecule has 2 heteroatoms. The molecule has 19 heavy (non-hydrogen) atoms. The van der Waals surface area contributed by atoms with Crippen molar-refractivity contribution in [2.45, 2.75) is 102 Å². The van der Waals surface area contributed by atoms with Crippen molar-refractivity contribution >= 4 is 0 Å². The molecule has 0 aliphatic heterocycles. The standard InChI is InChI=1S/C17H36N2/c1-2-3-4-5-6-7-8-9-12-15-19-17-14-11-10-13-16(17)18/h16-17,19H,2-15,18H2,1H3. The monoisotopic (exact) mass is 268 g/mol. The van der Waals surface area contributed by atoms with Crippen LogP contribution in [0.15, 0.2) is 0 Å². The molecule has 0 bridgehead atoms. The fourth-order valence-electron chi connectivity index (χ4n) is 3.14. The maximum Gasteiger partial charge on any atom is 0.0219 e. The van der Waals surface area contributed by atoms with Crippen LogP contribution in [-0.2, 0) is 0 Å². The molecule has 0 saturated heterocycles. The van der Waals surface area contributed by atoms with Crippen LogP contribution in [0.25, 0.3) is 0 Å². The highest BCUT2D eigenvalue weighted by atomic mass is 14.9. The van der Waals surface area contributed by atoms with Gasteiger partial charge in [-0.2, -0.15) is 0 Å². The van der Waals surface area contributed by atoms with Gasteiger partial charge in [-0.15, -0.1) is 0 Å². The van der Waals surface area contributed by atoms with Gasteiger partial charge in [0.25, 0.3) is 0 Å². The van der Waals surface area contributed by atoms with Crippen LogP contribution in [0.1, 0.15) is 90.4 Å². The average molecular weight is 268 g/mol. The van der Waals surface area contributed by atoms with Crippen molar-refractivity contribution in [2.75, 3.05) is 6.54 Å². The summed E-state index contributed by atoms with van der Waals surface area (Å²) in [5, 5.41) is 3.67. The van der Waals surface area contributed by atoms with Crippen molar-refractivity contribution in [1.29, 1.82) is 0 Å². The smallest absolute Gasteiger partial charge is 0.0219 e. The predicted octanol–water partition coefficient (Wildman–Crippen LogP) is 4.38. The minimum Gasteiger partial charge on any atom is -0.326 e. The first-order valence-corrected chi connectivity index (χ1v) is 8.83. The van der Waals surface area contributed by atoms with Gasteiger partial charge in [-0.3, -0.25) is 0 Å². The first kappa shape index (κ1) is 17.0. The fraction of sp³-hybridized carbons (Fsp3) is 1.00. The first-order chi connectivity index (χ1) is 9.34. The summed E-state index contributed by atoms with van der Waals surface area (Å²) in [5.41, 5.74) is 6.14. The molecule has 0 aromatic heterocycles.